The smallest absolute Gasteiger partial charge is 0.245 e. The number of rotatable bonds is 15. The Labute approximate surface area is 423 Å². The summed E-state index contributed by atoms with van der Waals surface area (Å²) in [5.41, 5.74) is 17.5. The molecule has 27 nitrogen and oxygen atoms in total. The second kappa shape index (κ2) is 30.2. The minimum Gasteiger partial charge on any atom is -0.394 e. The number of aliphatic hydroxyl groups excluding tert-OH is 3. The van der Waals surface area contributed by atoms with Crippen LogP contribution in [0.5, 0.6) is 0 Å². The number of hydrogen-bond acceptors (Lipinski definition) is 15. The quantitative estimate of drug-likeness (QED) is 0.0442. The van der Waals surface area contributed by atoms with Gasteiger partial charge < -0.3 is 85.7 Å². The number of amides is 10. The molecule has 12 atom stereocenters. The first-order valence-electron chi connectivity index (χ1n) is 24.1. The Kier molecular flexibility index (Phi) is 25.7. The van der Waals surface area contributed by atoms with Crippen LogP contribution in [-0.4, -0.2) is 161 Å². The lowest BCUT2D eigenvalue weighted by molar-refractivity contribution is -0.138. The van der Waals surface area contributed by atoms with Gasteiger partial charge in [-0.2, -0.15) is 0 Å². The van der Waals surface area contributed by atoms with Crippen LogP contribution in [0.1, 0.15) is 92.2 Å². The Morgan fingerprint density at radius 2 is 1.22 bits per heavy atom. The molecule has 10 amide bonds. The van der Waals surface area contributed by atoms with Gasteiger partial charge in [0, 0.05) is 6.54 Å². The van der Waals surface area contributed by atoms with Crippen molar-refractivity contribution in [2.24, 2.45) is 35.0 Å². The topological polar surface area (TPSA) is 454 Å². The van der Waals surface area contributed by atoms with Crippen LogP contribution in [0.15, 0.2) is 30.3 Å². The molecule has 408 valence electrons. The molecule has 1 aliphatic rings. The number of primary amides is 1. The van der Waals surface area contributed by atoms with Gasteiger partial charge in [0.05, 0.1) is 37.8 Å². The van der Waals surface area contributed by atoms with Crippen LogP contribution in [0.25, 0.3) is 0 Å². The highest BCUT2D eigenvalue weighted by Gasteiger charge is 2.39. The number of nitrogens with one attached hydrogen (secondary N) is 11. The Bertz CT molecular complexity index is 2100. The molecule has 1 aromatic carbocycles. The number of guanidine groups is 1. The van der Waals surface area contributed by atoms with E-state index in [-0.39, 0.29) is 49.7 Å². The summed E-state index contributed by atoms with van der Waals surface area (Å²) in [7, 11) is 0. The molecule has 1 unspecified atom stereocenters. The molecule has 1 aliphatic heterocycles. The minimum absolute atomic E-state index is 0.0356. The molecular weight excluding hydrogens is 957 g/mol. The van der Waals surface area contributed by atoms with E-state index in [4.69, 9.17) is 22.6 Å². The van der Waals surface area contributed by atoms with Gasteiger partial charge in [0.2, 0.25) is 59.1 Å². The van der Waals surface area contributed by atoms with Crippen LogP contribution >= 0.6 is 0 Å². The summed E-state index contributed by atoms with van der Waals surface area (Å²) in [5.74, 6) is -12.5. The van der Waals surface area contributed by atoms with Crippen LogP contribution < -0.4 is 70.4 Å². The third-order valence-corrected chi connectivity index (χ3v) is 11.8. The second-order valence-corrected chi connectivity index (χ2v) is 18.7. The molecule has 0 spiro atoms. The van der Waals surface area contributed by atoms with E-state index in [0.29, 0.717) is 0 Å². The fourth-order valence-electron chi connectivity index (χ4n) is 7.42. The Balaban J connectivity index is 2.82. The largest absolute Gasteiger partial charge is 0.394 e. The molecular formula is C46H76N14O13. The zero-order valence-corrected chi connectivity index (χ0v) is 42.3. The number of benzene rings is 1. The molecule has 0 aliphatic carbocycles. The van der Waals surface area contributed by atoms with E-state index in [0.717, 1.165) is 6.92 Å². The summed E-state index contributed by atoms with van der Waals surface area (Å²) in [6, 6.07) is -6.91. The first-order chi connectivity index (χ1) is 34.2. The maximum absolute atomic E-state index is 14.3. The monoisotopic (exact) mass is 1030 g/mol. The summed E-state index contributed by atoms with van der Waals surface area (Å²) in [6.07, 6.45) is -3.78. The van der Waals surface area contributed by atoms with E-state index in [2.05, 4.69) is 53.2 Å². The maximum atomic E-state index is 14.3. The van der Waals surface area contributed by atoms with E-state index in [1.165, 1.54) is 12.1 Å². The lowest BCUT2D eigenvalue weighted by Gasteiger charge is -2.32. The number of carbonyl (C=O) groups is 10. The lowest BCUT2D eigenvalue weighted by atomic mass is 9.95. The van der Waals surface area contributed by atoms with Gasteiger partial charge in [0.1, 0.15) is 48.3 Å². The van der Waals surface area contributed by atoms with Crippen LogP contribution in [-0.2, 0) is 47.9 Å². The predicted octanol–water partition coefficient (Wildman–Crippen LogP) is -5.68. The number of carbonyl (C=O) groups excluding carboxylic acids is 10. The molecule has 0 bridgehead atoms. The Hall–Kier alpha value is -6.97. The van der Waals surface area contributed by atoms with Gasteiger partial charge in [0.15, 0.2) is 5.96 Å². The average Bonchev–Trinajstić information content (AvgIpc) is 3.32. The minimum atomic E-state index is -1.82. The van der Waals surface area contributed by atoms with Crippen molar-refractivity contribution in [1.29, 1.82) is 5.41 Å². The van der Waals surface area contributed by atoms with E-state index in [1.54, 1.807) is 59.7 Å². The third-order valence-electron chi connectivity index (χ3n) is 11.8. The summed E-state index contributed by atoms with van der Waals surface area (Å²) in [5, 5.41) is 64.2. The van der Waals surface area contributed by atoms with Gasteiger partial charge in [-0.25, -0.2) is 0 Å². The van der Waals surface area contributed by atoms with Crippen molar-refractivity contribution in [3.05, 3.63) is 35.9 Å². The van der Waals surface area contributed by atoms with Gasteiger partial charge in [-0.1, -0.05) is 78.3 Å². The molecule has 0 saturated carbocycles. The predicted molar refractivity (Wildman–Crippen MR) is 263 cm³/mol. The summed E-state index contributed by atoms with van der Waals surface area (Å²) < 4.78 is 0. The normalized spacial score (nSPS) is 26.4. The first kappa shape index (κ1) is 62.1. The fourth-order valence-corrected chi connectivity index (χ4v) is 7.42. The summed E-state index contributed by atoms with van der Waals surface area (Å²) >= 11 is 0. The highest BCUT2D eigenvalue weighted by atomic mass is 16.3. The second-order valence-electron chi connectivity index (χ2n) is 18.7. The van der Waals surface area contributed by atoms with Crippen molar-refractivity contribution in [2.75, 3.05) is 19.7 Å². The van der Waals surface area contributed by atoms with E-state index < -0.39 is 157 Å². The molecule has 2 rings (SSSR count). The molecule has 1 aromatic rings. The zero-order valence-electron chi connectivity index (χ0n) is 42.3. The van der Waals surface area contributed by atoms with Crippen LogP contribution in [0.2, 0.25) is 0 Å². The van der Waals surface area contributed by atoms with Crippen molar-refractivity contribution in [3.8, 4) is 0 Å². The van der Waals surface area contributed by atoms with E-state index in [1.807, 2.05) is 0 Å². The number of aliphatic hydroxyl groups is 3. The first-order valence-corrected chi connectivity index (χ1v) is 24.1. The van der Waals surface area contributed by atoms with Gasteiger partial charge in [-0.3, -0.25) is 53.4 Å². The van der Waals surface area contributed by atoms with Crippen LogP contribution in [0, 0.1) is 23.2 Å². The molecule has 73 heavy (non-hydrogen) atoms. The lowest BCUT2D eigenvalue weighted by Crippen LogP contribution is -2.63. The van der Waals surface area contributed by atoms with Gasteiger partial charge in [-0.15, -0.1) is 0 Å². The number of nitrogens with two attached hydrogens (primary N) is 3. The SMILES string of the molecule is CC[C@H](C)[C@@H]1NC(=O)[C@@H](CCCNC(=N)N)NC(=O)[C@H](CC(C)C)NC(=O)[C@H]([C@H](O)C(C)C)NC(=O)[C@@H](N)[C@@H](c2ccccc2)NC(=O)[C@H](CO)NC(=O)C(CC(N)=O)NC(=O)CNC(=O)[C@H]([C@H](C)O)NC1=O. The summed E-state index contributed by atoms with van der Waals surface area (Å²) in [6.45, 7) is 9.16. The molecule has 27 heteroatoms. The molecule has 1 fully saturated rings. The van der Waals surface area contributed by atoms with Crippen molar-refractivity contribution in [3.63, 3.8) is 0 Å². The Morgan fingerprint density at radius 1 is 0.685 bits per heavy atom. The van der Waals surface area contributed by atoms with Crippen molar-refractivity contribution < 1.29 is 63.3 Å². The molecule has 1 saturated heterocycles. The Morgan fingerprint density at radius 3 is 1.77 bits per heavy atom. The molecule has 0 aromatic heterocycles. The average molecular weight is 1030 g/mol. The third kappa shape index (κ3) is 20.2. The summed E-state index contributed by atoms with van der Waals surface area (Å²) in [4.78, 5) is 137. The highest BCUT2D eigenvalue weighted by Crippen LogP contribution is 2.18. The zero-order chi connectivity index (χ0) is 55.3. The van der Waals surface area contributed by atoms with Gasteiger partial charge in [0.25, 0.3) is 0 Å². The van der Waals surface area contributed by atoms with E-state index >= 15 is 0 Å². The van der Waals surface area contributed by atoms with Gasteiger partial charge in [-0.05, 0) is 49.5 Å². The fraction of sp³-hybridized carbons (Fsp3) is 0.630. The van der Waals surface area contributed by atoms with Crippen molar-refractivity contribution >= 4 is 65.0 Å². The van der Waals surface area contributed by atoms with Crippen LogP contribution in [0.3, 0.4) is 0 Å². The van der Waals surface area contributed by atoms with Crippen LogP contribution in [0.4, 0.5) is 0 Å². The number of hydrogen-bond donors (Lipinski definition) is 17. The standard InChI is InChI=1S/C46H76N14O13/c1-8-23(6)33-44(72)58-34(24(7)62)43(71)52-19-31(64)53-28(18-30(47)63)40(68)56-29(20-61)41(69)59-35(25-13-10-9-11-14-25)32(48)42(70)60-36(37(65)22(4)5)45(73)55-27(17-21(2)3)39(67)54-26(38(66)57-33)15-12-16-51-46(49)50/h9-11,13-14,21-24,26-29,32-37,61-62,65H,8,12,15-20,48H2,1-7H3,(H2,47,63)(H,52,71)(H,53,64)(H,54,67)(H,55,73)(H,56,68)(H,57,66)(H,58,72)(H,59,69)(H,60,70)(H4,49,50,51)/t23-,24-,26+,27-,28?,29-,32-,33-,34-,35+,36-,37+/m0/s1. The highest BCUT2D eigenvalue weighted by molar-refractivity contribution is 5.99. The van der Waals surface area contributed by atoms with E-state index in [9.17, 15) is 63.3 Å². The molecule has 0 radical (unpaired) electrons. The van der Waals surface area contributed by atoms with Crippen molar-refractivity contribution in [1.82, 2.24) is 53.2 Å². The van der Waals surface area contributed by atoms with Crippen molar-refractivity contribution in [2.45, 2.75) is 147 Å². The van der Waals surface area contributed by atoms with Gasteiger partial charge >= 0.3 is 0 Å². The molecule has 1 heterocycles. The maximum Gasteiger partial charge on any atom is 0.245 e. The molecule has 20 N–H and O–H groups in total.